The van der Waals surface area contributed by atoms with Gasteiger partial charge in [0.05, 0.1) is 12.8 Å². The number of rotatable bonds is 5. The molecule has 0 aliphatic rings. The Kier molecular flexibility index (Phi) is 5.26. The first-order chi connectivity index (χ1) is 10.0. The summed E-state index contributed by atoms with van der Waals surface area (Å²) in [4.78, 5) is 2.20. The topological polar surface area (TPSA) is 38.5 Å². The van der Waals surface area contributed by atoms with Crippen LogP contribution in [0.3, 0.4) is 0 Å². The molecule has 0 unspecified atom stereocenters. The smallest absolute Gasteiger partial charge is 0.119 e. The molecule has 0 radical (unpaired) electrons. The van der Waals surface area contributed by atoms with E-state index in [1.54, 1.807) is 7.11 Å². The Balaban J connectivity index is 2.18. The predicted octanol–water partition coefficient (Wildman–Crippen LogP) is 4.11. The van der Waals surface area contributed by atoms with Crippen LogP contribution in [0.2, 0.25) is 0 Å². The second-order valence-electron chi connectivity index (χ2n) is 5.21. The first-order valence-corrected chi connectivity index (χ1v) is 7.69. The molecule has 0 bridgehead atoms. The molecule has 2 N–H and O–H groups in total. The molecule has 0 saturated heterocycles. The number of methoxy groups -OCH3 is 1. The van der Waals surface area contributed by atoms with Crippen LogP contribution in [0.4, 0.5) is 5.69 Å². The monoisotopic (exact) mass is 348 g/mol. The van der Waals surface area contributed by atoms with Gasteiger partial charge in [-0.25, -0.2) is 0 Å². The second kappa shape index (κ2) is 6.96. The summed E-state index contributed by atoms with van der Waals surface area (Å²) in [5, 5.41) is 0. The Morgan fingerprint density at radius 3 is 2.62 bits per heavy atom. The van der Waals surface area contributed by atoms with Crippen molar-refractivity contribution in [3.05, 3.63) is 58.1 Å². The lowest BCUT2D eigenvalue weighted by molar-refractivity contribution is 0.414. The van der Waals surface area contributed by atoms with E-state index in [1.807, 2.05) is 19.1 Å². The molecule has 0 aliphatic carbocycles. The van der Waals surface area contributed by atoms with E-state index in [-0.39, 0.29) is 6.04 Å². The third-order valence-electron chi connectivity index (χ3n) is 3.46. The summed E-state index contributed by atoms with van der Waals surface area (Å²) < 4.78 is 6.32. The highest BCUT2D eigenvalue weighted by Crippen LogP contribution is 2.29. The molecule has 21 heavy (non-hydrogen) atoms. The molecule has 2 aromatic carbocycles. The molecule has 4 heteroatoms. The van der Waals surface area contributed by atoms with E-state index in [0.717, 1.165) is 28.0 Å². The van der Waals surface area contributed by atoms with Gasteiger partial charge >= 0.3 is 0 Å². The molecule has 0 aliphatic heterocycles. The lowest BCUT2D eigenvalue weighted by Gasteiger charge is -2.22. The molecular weight excluding hydrogens is 328 g/mol. The number of anilines is 1. The first-order valence-electron chi connectivity index (χ1n) is 6.90. The van der Waals surface area contributed by atoms with Crippen molar-refractivity contribution in [2.45, 2.75) is 19.5 Å². The largest absolute Gasteiger partial charge is 0.497 e. The van der Waals surface area contributed by atoms with Crippen molar-refractivity contribution in [3.8, 4) is 5.75 Å². The molecule has 0 heterocycles. The Morgan fingerprint density at radius 2 is 2.00 bits per heavy atom. The number of nitrogens with zero attached hydrogens (tertiary/aromatic N) is 1. The van der Waals surface area contributed by atoms with E-state index in [4.69, 9.17) is 10.5 Å². The van der Waals surface area contributed by atoms with Crippen LogP contribution in [0, 0.1) is 0 Å². The van der Waals surface area contributed by atoms with Gasteiger partial charge in [-0.3, -0.25) is 0 Å². The fourth-order valence-corrected chi connectivity index (χ4v) is 2.94. The average molecular weight is 349 g/mol. The van der Waals surface area contributed by atoms with Gasteiger partial charge in [0.2, 0.25) is 0 Å². The zero-order valence-electron chi connectivity index (χ0n) is 12.6. The quantitative estimate of drug-likeness (QED) is 0.883. The van der Waals surface area contributed by atoms with Gasteiger partial charge in [0.15, 0.2) is 0 Å². The molecule has 2 aromatic rings. The van der Waals surface area contributed by atoms with Crippen molar-refractivity contribution in [2.24, 2.45) is 5.73 Å². The van der Waals surface area contributed by atoms with Crippen LogP contribution in [-0.4, -0.2) is 14.2 Å². The Hall–Kier alpha value is -1.52. The molecule has 1 atom stereocenters. The maximum absolute atomic E-state index is 5.92. The van der Waals surface area contributed by atoms with Crippen LogP contribution in [0.25, 0.3) is 0 Å². The first kappa shape index (κ1) is 15.9. The van der Waals surface area contributed by atoms with E-state index in [9.17, 15) is 0 Å². The second-order valence-corrected chi connectivity index (χ2v) is 6.06. The van der Waals surface area contributed by atoms with E-state index in [2.05, 4.69) is 58.2 Å². The van der Waals surface area contributed by atoms with Gasteiger partial charge < -0.3 is 15.4 Å². The van der Waals surface area contributed by atoms with Crippen molar-refractivity contribution in [1.29, 1.82) is 0 Å². The summed E-state index contributed by atoms with van der Waals surface area (Å²) >= 11 is 3.64. The molecule has 2 rings (SSSR count). The summed E-state index contributed by atoms with van der Waals surface area (Å²) in [6, 6.07) is 14.4. The number of benzene rings is 2. The van der Waals surface area contributed by atoms with Crippen molar-refractivity contribution in [3.63, 3.8) is 0 Å². The highest BCUT2D eigenvalue weighted by Gasteiger charge is 2.09. The summed E-state index contributed by atoms with van der Waals surface area (Å²) in [5.74, 6) is 0.882. The highest BCUT2D eigenvalue weighted by atomic mass is 79.9. The van der Waals surface area contributed by atoms with Crippen molar-refractivity contribution >= 4 is 21.6 Å². The van der Waals surface area contributed by atoms with E-state index >= 15 is 0 Å². The summed E-state index contributed by atoms with van der Waals surface area (Å²) in [6.45, 7) is 2.80. The zero-order valence-corrected chi connectivity index (χ0v) is 14.2. The summed E-state index contributed by atoms with van der Waals surface area (Å²) in [7, 11) is 3.76. The van der Waals surface area contributed by atoms with Gasteiger partial charge in [-0.2, -0.15) is 0 Å². The lowest BCUT2D eigenvalue weighted by atomic mass is 10.1. The fraction of sp³-hybridized carbons (Fsp3) is 0.294. The summed E-state index contributed by atoms with van der Waals surface area (Å²) in [6.07, 6.45) is 0. The molecule has 0 spiro atoms. The van der Waals surface area contributed by atoms with Gasteiger partial charge in [-0.05, 0) is 58.2 Å². The van der Waals surface area contributed by atoms with Gasteiger partial charge in [0.1, 0.15) is 5.75 Å². The predicted molar refractivity (Wildman–Crippen MR) is 91.8 cm³/mol. The molecule has 112 valence electrons. The van der Waals surface area contributed by atoms with Crippen LogP contribution < -0.4 is 15.4 Å². The third-order valence-corrected chi connectivity index (χ3v) is 4.10. The van der Waals surface area contributed by atoms with Crippen molar-refractivity contribution < 1.29 is 4.74 Å². The Labute approximate surface area is 134 Å². The van der Waals surface area contributed by atoms with Crippen LogP contribution in [0.5, 0.6) is 5.75 Å². The van der Waals surface area contributed by atoms with Crippen molar-refractivity contribution in [1.82, 2.24) is 0 Å². The standard InChI is InChI=1S/C17H21BrN2O/c1-12(19)14-7-8-17(16(18)10-14)20(2)11-13-5-4-6-15(9-13)21-3/h4-10,12H,11,19H2,1-3H3/t12-/m0/s1. The molecule has 0 amide bonds. The molecule has 0 fully saturated rings. The molecular formula is C17H21BrN2O. The Morgan fingerprint density at radius 1 is 1.24 bits per heavy atom. The average Bonchev–Trinajstić information content (AvgIpc) is 2.47. The van der Waals surface area contributed by atoms with E-state index in [0.29, 0.717) is 0 Å². The van der Waals surface area contributed by atoms with Gasteiger partial charge in [-0.15, -0.1) is 0 Å². The van der Waals surface area contributed by atoms with Crippen molar-refractivity contribution in [2.75, 3.05) is 19.1 Å². The van der Waals surface area contributed by atoms with E-state index in [1.165, 1.54) is 5.56 Å². The minimum atomic E-state index is 0.0408. The lowest BCUT2D eigenvalue weighted by Crippen LogP contribution is -2.17. The zero-order chi connectivity index (χ0) is 15.4. The van der Waals surface area contributed by atoms with Crippen LogP contribution in [-0.2, 0) is 6.54 Å². The fourth-order valence-electron chi connectivity index (χ4n) is 2.25. The minimum absolute atomic E-state index is 0.0408. The molecule has 3 nitrogen and oxygen atoms in total. The van der Waals surface area contributed by atoms with Gasteiger partial charge in [0.25, 0.3) is 0 Å². The van der Waals surface area contributed by atoms with Gasteiger partial charge in [-0.1, -0.05) is 18.2 Å². The van der Waals surface area contributed by atoms with E-state index < -0.39 is 0 Å². The minimum Gasteiger partial charge on any atom is -0.497 e. The van der Waals surface area contributed by atoms with Crippen LogP contribution in [0.15, 0.2) is 46.9 Å². The summed E-state index contributed by atoms with van der Waals surface area (Å²) in [5.41, 5.74) is 9.39. The Bertz CT molecular complexity index is 613. The van der Waals surface area contributed by atoms with Gasteiger partial charge in [0, 0.05) is 24.1 Å². The third kappa shape index (κ3) is 3.99. The number of hydrogen-bond acceptors (Lipinski definition) is 3. The number of ether oxygens (including phenoxy) is 1. The number of halogens is 1. The SMILES string of the molecule is COc1cccc(CN(C)c2ccc([C@H](C)N)cc2Br)c1. The molecule has 0 aromatic heterocycles. The normalized spacial score (nSPS) is 12.0. The van der Waals surface area contributed by atoms with Crippen LogP contribution >= 0.6 is 15.9 Å². The number of hydrogen-bond donors (Lipinski definition) is 1. The maximum Gasteiger partial charge on any atom is 0.119 e. The number of nitrogens with two attached hydrogens (primary N) is 1. The molecule has 0 saturated carbocycles. The maximum atomic E-state index is 5.92. The highest BCUT2D eigenvalue weighted by molar-refractivity contribution is 9.10. The van der Waals surface area contributed by atoms with Crippen LogP contribution in [0.1, 0.15) is 24.1 Å².